The first kappa shape index (κ1) is 20.3. The molecule has 3 aromatic heterocycles. The molecule has 0 fully saturated rings. The van der Waals surface area contributed by atoms with Crippen molar-refractivity contribution in [2.24, 2.45) is 5.73 Å². The number of benzene rings is 2. The second-order valence-electron chi connectivity index (χ2n) is 7.39. The molecule has 0 radical (unpaired) electrons. The van der Waals surface area contributed by atoms with Gasteiger partial charge in [-0.15, -0.1) is 5.10 Å². The van der Waals surface area contributed by atoms with Gasteiger partial charge < -0.3 is 10.1 Å². The Morgan fingerprint density at radius 3 is 2.59 bits per heavy atom. The summed E-state index contributed by atoms with van der Waals surface area (Å²) >= 11 is 12.1. The Bertz CT molecular complexity index is 1450. The maximum absolute atomic E-state index is 11.6. The zero-order valence-electron chi connectivity index (χ0n) is 16.7. The number of rotatable bonds is 5. The van der Waals surface area contributed by atoms with Crippen LogP contribution in [-0.4, -0.2) is 25.3 Å². The SMILES string of the molecule is NC(=O)c1cc(Cn2cc(-c3c(-c4ccc(Cl)cc4)cc4ccccn34)nn2)ccc1Cl. The number of pyridine rings is 1. The summed E-state index contributed by atoms with van der Waals surface area (Å²) in [5, 5.41) is 9.75. The van der Waals surface area contributed by atoms with E-state index in [9.17, 15) is 4.79 Å². The minimum atomic E-state index is -0.566. The largest absolute Gasteiger partial charge is 0.366 e. The number of nitrogens with zero attached hydrogens (tertiary/aromatic N) is 4. The Hall–Kier alpha value is -3.61. The number of primary amides is 1. The van der Waals surface area contributed by atoms with Crippen LogP contribution >= 0.6 is 23.2 Å². The summed E-state index contributed by atoms with van der Waals surface area (Å²) in [4.78, 5) is 11.6. The van der Waals surface area contributed by atoms with Gasteiger partial charge in [-0.3, -0.25) is 4.79 Å². The van der Waals surface area contributed by atoms with Crippen molar-refractivity contribution in [1.82, 2.24) is 19.4 Å². The van der Waals surface area contributed by atoms with E-state index in [-0.39, 0.29) is 5.56 Å². The summed E-state index contributed by atoms with van der Waals surface area (Å²) in [6.07, 6.45) is 3.88. The molecule has 32 heavy (non-hydrogen) atoms. The molecular formula is C24H17Cl2N5O. The van der Waals surface area contributed by atoms with Crippen molar-refractivity contribution in [2.45, 2.75) is 6.54 Å². The van der Waals surface area contributed by atoms with E-state index in [1.54, 1.807) is 16.8 Å². The van der Waals surface area contributed by atoms with Crippen molar-refractivity contribution < 1.29 is 4.79 Å². The third-order valence-corrected chi connectivity index (χ3v) is 5.84. The molecule has 2 N–H and O–H groups in total. The second-order valence-corrected chi connectivity index (χ2v) is 8.23. The highest BCUT2D eigenvalue weighted by molar-refractivity contribution is 6.33. The van der Waals surface area contributed by atoms with Crippen LogP contribution in [0, 0.1) is 0 Å². The molecular weight excluding hydrogens is 445 g/mol. The van der Waals surface area contributed by atoms with Crippen LogP contribution in [0.4, 0.5) is 0 Å². The second kappa shape index (κ2) is 8.15. The lowest BCUT2D eigenvalue weighted by atomic mass is 10.0. The Balaban J connectivity index is 1.56. The normalized spacial score (nSPS) is 11.2. The highest BCUT2D eigenvalue weighted by atomic mass is 35.5. The molecule has 0 aliphatic carbocycles. The molecule has 0 saturated carbocycles. The molecule has 8 heteroatoms. The van der Waals surface area contributed by atoms with Crippen LogP contribution in [0.1, 0.15) is 15.9 Å². The van der Waals surface area contributed by atoms with E-state index >= 15 is 0 Å². The molecule has 2 aromatic carbocycles. The van der Waals surface area contributed by atoms with Crippen molar-refractivity contribution in [3.63, 3.8) is 0 Å². The van der Waals surface area contributed by atoms with Gasteiger partial charge in [-0.05, 0) is 53.6 Å². The van der Waals surface area contributed by atoms with Gasteiger partial charge in [0.05, 0.1) is 29.0 Å². The van der Waals surface area contributed by atoms with Crippen molar-refractivity contribution in [3.8, 4) is 22.5 Å². The van der Waals surface area contributed by atoms with Gasteiger partial charge in [0.2, 0.25) is 5.91 Å². The zero-order valence-corrected chi connectivity index (χ0v) is 18.3. The lowest BCUT2D eigenvalue weighted by Gasteiger charge is -2.05. The van der Waals surface area contributed by atoms with Crippen molar-refractivity contribution in [1.29, 1.82) is 0 Å². The zero-order chi connectivity index (χ0) is 22.2. The number of nitrogens with two attached hydrogens (primary N) is 1. The van der Waals surface area contributed by atoms with E-state index in [1.165, 1.54) is 0 Å². The molecule has 0 spiro atoms. The molecule has 6 nitrogen and oxygen atoms in total. The van der Waals surface area contributed by atoms with Crippen LogP contribution in [0.3, 0.4) is 0 Å². The first-order chi connectivity index (χ1) is 15.5. The number of amides is 1. The average molecular weight is 462 g/mol. The van der Waals surface area contributed by atoms with Crippen LogP contribution in [0.15, 0.2) is 79.1 Å². The highest BCUT2D eigenvalue weighted by Crippen LogP contribution is 2.34. The quantitative estimate of drug-likeness (QED) is 0.384. The minimum absolute atomic E-state index is 0.284. The smallest absolute Gasteiger partial charge is 0.250 e. The average Bonchev–Trinajstić information content (AvgIpc) is 3.39. The van der Waals surface area contributed by atoms with Crippen molar-refractivity contribution in [2.75, 3.05) is 0 Å². The van der Waals surface area contributed by atoms with Crippen molar-refractivity contribution in [3.05, 3.63) is 100 Å². The first-order valence-electron chi connectivity index (χ1n) is 9.84. The summed E-state index contributed by atoms with van der Waals surface area (Å²) in [5.41, 5.74) is 11.3. The fraction of sp³-hybridized carbons (Fsp3) is 0.0417. The molecule has 0 atom stereocenters. The molecule has 5 rings (SSSR count). The summed E-state index contributed by atoms with van der Waals surface area (Å²) < 4.78 is 3.81. The number of hydrogen-bond acceptors (Lipinski definition) is 3. The van der Waals surface area contributed by atoms with Crippen LogP contribution in [-0.2, 0) is 6.54 Å². The van der Waals surface area contributed by atoms with Crippen LogP contribution < -0.4 is 5.73 Å². The van der Waals surface area contributed by atoms with E-state index in [2.05, 4.69) is 20.8 Å². The van der Waals surface area contributed by atoms with Gasteiger partial charge in [-0.25, -0.2) is 4.68 Å². The van der Waals surface area contributed by atoms with E-state index in [1.807, 2.05) is 60.9 Å². The number of carbonyl (C=O) groups excluding carboxylic acids is 1. The van der Waals surface area contributed by atoms with Gasteiger partial charge in [0.15, 0.2) is 0 Å². The Kier molecular flexibility index (Phi) is 5.17. The summed E-state index contributed by atoms with van der Waals surface area (Å²) in [6, 6.07) is 21.0. The Morgan fingerprint density at radius 1 is 1.00 bits per heavy atom. The monoisotopic (exact) mass is 461 g/mol. The predicted octanol–water partition coefficient (Wildman–Crippen LogP) is 5.32. The van der Waals surface area contributed by atoms with E-state index in [4.69, 9.17) is 28.9 Å². The van der Waals surface area contributed by atoms with E-state index < -0.39 is 5.91 Å². The van der Waals surface area contributed by atoms with Gasteiger partial charge in [0, 0.05) is 22.3 Å². The molecule has 0 aliphatic rings. The predicted molar refractivity (Wildman–Crippen MR) is 126 cm³/mol. The summed E-state index contributed by atoms with van der Waals surface area (Å²) in [6.45, 7) is 0.421. The maximum Gasteiger partial charge on any atom is 0.250 e. The molecule has 0 bridgehead atoms. The molecule has 3 heterocycles. The number of halogens is 2. The Morgan fingerprint density at radius 2 is 1.81 bits per heavy atom. The van der Waals surface area contributed by atoms with Crippen LogP contribution in [0.5, 0.6) is 0 Å². The standard InChI is InChI=1S/C24H17Cl2N5O/c25-17-7-5-16(6-8-17)19-12-18-3-1-2-10-31(18)23(19)22-14-30(29-28-22)13-15-4-9-21(26)20(11-15)24(27)32/h1-12,14H,13H2,(H2,27,32). The highest BCUT2D eigenvalue weighted by Gasteiger charge is 2.17. The minimum Gasteiger partial charge on any atom is -0.366 e. The molecule has 1 amide bonds. The van der Waals surface area contributed by atoms with Gasteiger partial charge in [-0.2, -0.15) is 0 Å². The van der Waals surface area contributed by atoms with Crippen molar-refractivity contribution >= 4 is 34.6 Å². The first-order valence-corrected chi connectivity index (χ1v) is 10.6. The fourth-order valence-corrected chi connectivity index (χ4v) is 4.10. The van der Waals surface area contributed by atoms with E-state index in [0.717, 1.165) is 33.6 Å². The summed E-state index contributed by atoms with van der Waals surface area (Å²) in [5.74, 6) is -0.566. The molecule has 158 valence electrons. The fourth-order valence-electron chi connectivity index (χ4n) is 3.77. The maximum atomic E-state index is 11.6. The molecule has 0 unspecified atom stereocenters. The molecule has 0 aliphatic heterocycles. The third kappa shape index (κ3) is 3.75. The molecule has 5 aromatic rings. The van der Waals surface area contributed by atoms with Crippen LogP contribution in [0.25, 0.3) is 28.0 Å². The van der Waals surface area contributed by atoms with E-state index in [0.29, 0.717) is 16.6 Å². The van der Waals surface area contributed by atoms with Gasteiger partial charge >= 0.3 is 0 Å². The number of aromatic nitrogens is 4. The number of fused-ring (bicyclic) bond motifs is 1. The Labute approximate surface area is 193 Å². The van der Waals surface area contributed by atoms with Crippen LogP contribution in [0.2, 0.25) is 10.0 Å². The van der Waals surface area contributed by atoms with Gasteiger partial charge in [0.25, 0.3) is 0 Å². The lowest BCUT2D eigenvalue weighted by Crippen LogP contribution is -2.12. The van der Waals surface area contributed by atoms with Gasteiger partial charge in [0.1, 0.15) is 5.69 Å². The molecule has 0 saturated heterocycles. The number of carbonyl (C=O) groups is 1. The number of hydrogen-bond donors (Lipinski definition) is 1. The third-order valence-electron chi connectivity index (χ3n) is 5.26. The lowest BCUT2D eigenvalue weighted by molar-refractivity contribution is 0.100. The summed E-state index contributed by atoms with van der Waals surface area (Å²) in [7, 11) is 0. The van der Waals surface area contributed by atoms with Gasteiger partial charge in [-0.1, -0.05) is 52.7 Å². The topological polar surface area (TPSA) is 78.2 Å².